The van der Waals surface area contributed by atoms with Gasteiger partial charge >= 0.3 is 6.09 Å². The van der Waals surface area contributed by atoms with E-state index in [4.69, 9.17) is 10.00 Å². The smallest absolute Gasteiger partial charge is 0.410 e. The number of nitriles is 1. The van der Waals surface area contributed by atoms with E-state index in [-0.39, 0.29) is 18.0 Å². The van der Waals surface area contributed by atoms with Gasteiger partial charge in [-0.05, 0) is 45.7 Å². The highest BCUT2D eigenvalue weighted by molar-refractivity contribution is 5.86. The Morgan fingerprint density at radius 1 is 1.37 bits per heavy atom. The number of hydrogen-bond donors (Lipinski definition) is 2. The zero-order chi connectivity index (χ0) is 20.0. The van der Waals surface area contributed by atoms with Crippen molar-refractivity contribution >= 4 is 17.7 Å². The zero-order valence-corrected chi connectivity index (χ0v) is 15.8. The molecule has 1 fully saturated rings. The highest BCUT2D eigenvalue weighted by Crippen LogP contribution is 2.21. The summed E-state index contributed by atoms with van der Waals surface area (Å²) in [6, 6.07) is 5.59. The third-order valence-electron chi connectivity index (χ3n) is 4.05. The second-order valence-corrected chi connectivity index (χ2v) is 7.32. The summed E-state index contributed by atoms with van der Waals surface area (Å²) in [4.78, 5) is 26.1. The quantitative estimate of drug-likeness (QED) is 0.771. The van der Waals surface area contributed by atoms with Crippen molar-refractivity contribution in [2.45, 2.75) is 45.3 Å². The number of halogens is 1. The molecule has 2 rings (SSSR count). The molecule has 146 valence electrons. The first-order valence-corrected chi connectivity index (χ1v) is 8.93. The van der Waals surface area contributed by atoms with Gasteiger partial charge in [0.05, 0.1) is 5.69 Å². The van der Waals surface area contributed by atoms with Gasteiger partial charge in [0, 0.05) is 19.6 Å². The van der Waals surface area contributed by atoms with Crippen LogP contribution in [0, 0.1) is 17.1 Å². The molecule has 8 heteroatoms. The van der Waals surface area contributed by atoms with Crippen molar-refractivity contribution in [3.05, 3.63) is 29.6 Å². The molecule has 1 saturated heterocycles. The number of rotatable bonds is 5. The SMILES string of the molecule is CC(C)(C)OC(=O)N1CCC[C@H]1C(=O)NCCNc1cccc(F)c1C#N. The van der Waals surface area contributed by atoms with Crippen LogP contribution in [0.25, 0.3) is 0 Å². The van der Waals surface area contributed by atoms with Crippen LogP contribution in [0.2, 0.25) is 0 Å². The van der Waals surface area contributed by atoms with Crippen LogP contribution in [0.15, 0.2) is 18.2 Å². The number of nitrogens with zero attached hydrogens (tertiary/aromatic N) is 2. The molecule has 0 unspecified atom stereocenters. The second-order valence-electron chi connectivity index (χ2n) is 7.32. The van der Waals surface area contributed by atoms with Crippen LogP contribution in [0.3, 0.4) is 0 Å². The highest BCUT2D eigenvalue weighted by atomic mass is 19.1. The number of hydrogen-bond acceptors (Lipinski definition) is 5. The van der Waals surface area contributed by atoms with E-state index in [1.54, 1.807) is 26.8 Å². The number of carbonyl (C=O) groups is 2. The van der Waals surface area contributed by atoms with Crippen LogP contribution in [0.5, 0.6) is 0 Å². The molecule has 1 aliphatic heterocycles. The predicted octanol–water partition coefficient (Wildman–Crippen LogP) is 2.62. The van der Waals surface area contributed by atoms with Crippen LogP contribution in [0.4, 0.5) is 14.9 Å². The van der Waals surface area contributed by atoms with E-state index >= 15 is 0 Å². The summed E-state index contributed by atoms with van der Waals surface area (Å²) in [5.74, 6) is -0.842. The van der Waals surface area contributed by atoms with Crippen molar-refractivity contribution in [3.63, 3.8) is 0 Å². The van der Waals surface area contributed by atoms with Crippen LogP contribution in [-0.2, 0) is 9.53 Å². The maximum atomic E-state index is 13.5. The molecule has 2 amide bonds. The molecule has 1 aromatic carbocycles. The average Bonchev–Trinajstić information content (AvgIpc) is 3.07. The Labute approximate surface area is 158 Å². The topological polar surface area (TPSA) is 94.5 Å². The van der Waals surface area contributed by atoms with Gasteiger partial charge in [-0.15, -0.1) is 0 Å². The van der Waals surface area contributed by atoms with Gasteiger partial charge in [-0.3, -0.25) is 9.69 Å². The number of amides is 2. The average molecular weight is 376 g/mol. The van der Waals surface area contributed by atoms with E-state index in [1.807, 2.05) is 6.07 Å². The molecule has 0 spiro atoms. The van der Waals surface area contributed by atoms with Crippen molar-refractivity contribution in [3.8, 4) is 6.07 Å². The molecule has 1 atom stereocenters. The van der Waals surface area contributed by atoms with Crippen LogP contribution < -0.4 is 10.6 Å². The van der Waals surface area contributed by atoms with Crippen molar-refractivity contribution in [1.29, 1.82) is 5.26 Å². The van der Waals surface area contributed by atoms with E-state index in [2.05, 4.69) is 10.6 Å². The summed E-state index contributed by atoms with van der Waals surface area (Å²) in [6.45, 7) is 6.43. The summed E-state index contributed by atoms with van der Waals surface area (Å²) in [7, 11) is 0. The van der Waals surface area contributed by atoms with Gasteiger partial charge in [-0.1, -0.05) is 6.07 Å². The van der Waals surface area contributed by atoms with Crippen LogP contribution >= 0.6 is 0 Å². The normalized spacial score (nSPS) is 16.6. The molecule has 7 nitrogen and oxygen atoms in total. The number of carbonyl (C=O) groups excluding carboxylic acids is 2. The maximum absolute atomic E-state index is 13.5. The Morgan fingerprint density at radius 3 is 2.78 bits per heavy atom. The van der Waals surface area contributed by atoms with Crippen LogP contribution in [-0.4, -0.2) is 48.2 Å². The Kier molecular flexibility index (Phi) is 6.61. The van der Waals surface area contributed by atoms with E-state index in [0.29, 0.717) is 25.2 Å². The Hall–Kier alpha value is -2.82. The minimum absolute atomic E-state index is 0.0595. The molecule has 0 aromatic heterocycles. The number of nitrogens with one attached hydrogen (secondary N) is 2. The largest absolute Gasteiger partial charge is 0.444 e. The molecular formula is C19H25FN4O3. The lowest BCUT2D eigenvalue weighted by molar-refractivity contribution is -0.125. The first kappa shape index (κ1) is 20.5. The van der Waals surface area contributed by atoms with Crippen molar-refractivity contribution in [2.24, 2.45) is 0 Å². The Morgan fingerprint density at radius 2 is 2.11 bits per heavy atom. The number of likely N-dealkylation sites (tertiary alicyclic amines) is 1. The Balaban J connectivity index is 1.84. The lowest BCUT2D eigenvalue weighted by Gasteiger charge is -2.28. The lowest BCUT2D eigenvalue weighted by Crippen LogP contribution is -2.48. The highest BCUT2D eigenvalue weighted by Gasteiger charge is 2.36. The van der Waals surface area contributed by atoms with E-state index in [1.165, 1.54) is 17.0 Å². The fourth-order valence-electron chi connectivity index (χ4n) is 2.86. The van der Waals surface area contributed by atoms with E-state index in [0.717, 1.165) is 6.42 Å². The molecule has 27 heavy (non-hydrogen) atoms. The molecule has 1 heterocycles. The maximum Gasteiger partial charge on any atom is 0.410 e. The first-order valence-electron chi connectivity index (χ1n) is 8.93. The summed E-state index contributed by atoms with van der Waals surface area (Å²) in [5, 5.41) is 14.7. The number of ether oxygens (including phenoxy) is 1. The van der Waals surface area contributed by atoms with Crippen molar-refractivity contribution in [2.75, 3.05) is 25.0 Å². The molecule has 2 N–H and O–H groups in total. The molecular weight excluding hydrogens is 351 g/mol. The molecule has 0 aliphatic carbocycles. The molecule has 0 radical (unpaired) electrons. The molecule has 0 saturated carbocycles. The number of anilines is 1. The second kappa shape index (κ2) is 8.71. The fraction of sp³-hybridized carbons (Fsp3) is 0.526. The van der Waals surface area contributed by atoms with Gasteiger partial charge < -0.3 is 15.4 Å². The third kappa shape index (κ3) is 5.58. The summed E-state index contributed by atoms with van der Waals surface area (Å²) in [5.41, 5.74) is -0.299. The molecule has 1 aromatic rings. The molecule has 1 aliphatic rings. The van der Waals surface area contributed by atoms with Gasteiger partial charge in [0.25, 0.3) is 0 Å². The standard InChI is InChI=1S/C19H25FN4O3/c1-19(2,3)27-18(26)24-11-5-8-16(24)17(25)23-10-9-22-15-7-4-6-14(20)13(15)12-21/h4,6-7,16,22H,5,8-11H2,1-3H3,(H,23,25)/t16-/m0/s1. The van der Waals surface area contributed by atoms with Crippen molar-refractivity contribution < 1.29 is 18.7 Å². The lowest BCUT2D eigenvalue weighted by atomic mass is 10.2. The fourth-order valence-corrected chi connectivity index (χ4v) is 2.86. The minimum Gasteiger partial charge on any atom is -0.444 e. The van der Waals surface area contributed by atoms with E-state index < -0.39 is 23.6 Å². The number of benzene rings is 1. The third-order valence-corrected chi connectivity index (χ3v) is 4.05. The monoisotopic (exact) mass is 376 g/mol. The Bertz CT molecular complexity index is 739. The van der Waals surface area contributed by atoms with Gasteiger partial charge in [0.1, 0.15) is 29.1 Å². The zero-order valence-electron chi connectivity index (χ0n) is 15.8. The predicted molar refractivity (Wildman–Crippen MR) is 98.6 cm³/mol. The van der Waals surface area contributed by atoms with Gasteiger partial charge in [-0.2, -0.15) is 5.26 Å². The van der Waals surface area contributed by atoms with E-state index in [9.17, 15) is 14.0 Å². The van der Waals surface area contributed by atoms with Gasteiger partial charge in [-0.25, -0.2) is 9.18 Å². The van der Waals surface area contributed by atoms with Gasteiger partial charge in [0.15, 0.2) is 0 Å². The minimum atomic E-state index is -0.617. The van der Waals surface area contributed by atoms with Crippen molar-refractivity contribution in [1.82, 2.24) is 10.2 Å². The van der Waals surface area contributed by atoms with Gasteiger partial charge in [0.2, 0.25) is 5.91 Å². The molecule has 0 bridgehead atoms. The van der Waals surface area contributed by atoms with Crippen LogP contribution in [0.1, 0.15) is 39.2 Å². The first-order chi connectivity index (χ1) is 12.7. The summed E-state index contributed by atoms with van der Waals surface area (Å²) >= 11 is 0. The summed E-state index contributed by atoms with van der Waals surface area (Å²) in [6.07, 6.45) is 0.836. The summed E-state index contributed by atoms with van der Waals surface area (Å²) < 4.78 is 18.9.